The lowest BCUT2D eigenvalue weighted by Crippen LogP contribution is -2.27. The average molecular weight is 257 g/mol. The van der Waals surface area contributed by atoms with E-state index in [1.54, 1.807) is 0 Å². The molecule has 0 aliphatic rings. The standard InChI is InChI=1S/C15H19N3O/c1-2-11(5-7-16)15(10-17)19-13-3-4-14-12(9-13)6-8-18-14/h3-4,6,8-9,11,15,18H,2,5,7,16H2,1H3. The number of nitrogens with one attached hydrogen (secondary N) is 1. The highest BCUT2D eigenvalue weighted by Crippen LogP contribution is 2.23. The number of fused-ring (bicyclic) bond motifs is 1. The lowest BCUT2D eigenvalue weighted by molar-refractivity contribution is 0.175. The Morgan fingerprint density at radius 3 is 2.95 bits per heavy atom. The molecule has 4 heteroatoms. The Balaban J connectivity index is 2.15. The van der Waals surface area contributed by atoms with Gasteiger partial charge in [0.1, 0.15) is 11.8 Å². The summed E-state index contributed by atoms with van der Waals surface area (Å²) < 4.78 is 5.82. The Labute approximate surface area is 113 Å². The third kappa shape index (κ3) is 3.07. The molecule has 19 heavy (non-hydrogen) atoms. The smallest absolute Gasteiger partial charge is 0.187 e. The first-order valence-corrected chi connectivity index (χ1v) is 6.62. The number of nitriles is 1. The van der Waals surface area contributed by atoms with Gasteiger partial charge in [-0.3, -0.25) is 0 Å². The Bertz CT molecular complexity index is 570. The molecule has 2 atom stereocenters. The lowest BCUT2D eigenvalue weighted by atomic mass is 9.96. The first-order valence-electron chi connectivity index (χ1n) is 6.62. The zero-order valence-corrected chi connectivity index (χ0v) is 11.1. The minimum Gasteiger partial charge on any atom is -0.475 e. The summed E-state index contributed by atoms with van der Waals surface area (Å²) in [5.41, 5.74) is 6.65. The number of hydrogen-bond acceptors (Lipinski definition) is 3. The molecule has 0 fully saturated rings. The van der Waals surface area contributed by atoms with E-state index >= 15 is 0 Å². The van der Waals surface area contributed by atoms with Gasteiger partial charge in [-0.05, 0) is 43.7 Å². The summed E-state index contributed by atoms with van der Waals surface area (Å²) in [7, 11) is 0. The summed E-state index contributed by atoms with van der Waals surface area (Å²) in [6.07, 6.45) is 3.15. The van der Waals surface area contributed by atoms with Gasteiger partial charge in [-0.2, -0.15) is 5.26 Å². The summed E-state index contributed by atoms with van der Waals surface area (Å²) in [6, 6.07) is 10.0. The van der Waals surface area contributed by atoms with Crippen molar-refractivity contribution in [3.63, 3.8) is 0 Å². The van der Waals surface area contributed by atoms with Crippen molar-refractivity contribution in [3.8, 4) is 11.8 Å². The van der Waals surface area contributed by atoms with Gasteiger partial charge in [0.2, 0.25) is 0 Å². The average Bonchev–Trinajstić information content (AvgIpc) is 2.90. The first-order chi connectivity index (χ1) is 9.28. The number of H-pyrrole nitrogens is 1. The van der Waals surface area contributed by atoms with Crippen LogP contribution in [0.5, 0.6) is 5.75 Å². The molecule has 0 aliphatic heterocycles. The molecule has 2 unspecified atom stereocenters. The number of benzene rings is 1. The molecule has 0 bridgehead atoms. The maximum Gasteiger partial charge on any atom is 0.187 e. The Morgan fingerprint density at radius 2 is 2.26 bits per heavy atom. The van der Waals surface area contributed by atoms with Crippen molar-refractivity contribution in [1.82, 2.24) is 4.98 Å². The molecule has 0 saturated carbocycles. The number of aromatic nitrogens is 1. The molecule has 1 aromatic heterocycles. The van der Waals surface area contributed by atoms with Gasteiger partial charge in [-0.25, -0.2) is 0 Å². The van der Waals surface area contributed by atoms with Crippen molar-refractivity contribution >= 4 is 10.9 Å². The van der Waals surface area contributed by atoms with E-state index in [0.29, 0.717) is 6.54 Å². The van der Waals surface area contributed by atoms with E-state index in [0.717, 1.165) is 29.5 Å². The third-order valence-electron chi connectivity index (χ3n) is 3.41. The van der Waals surface area contributed by atoms with Crippen LogP contribution in [0.2, 0.25) is 0 Å². The quantitative estimate of drug-likeness (QED) is 0.835. The highest BCUT2D eigenvalue weighted by atomic mass is 16.5. The molecule has 2 rings (SSSR count). The predicted octanol–water partition coefficient (Wildman–Crippen LogP) is 2.81. The lowest BCUT2D eigenvalue weighted by Gasteiger charge is -2.21. The minimum absolute atomic E-state index is 0.178. The Kier molecular flexibility index (Phi) is 4.43. The number of nitrogens with two attached hydrogens (primary N) is 1. The largest absolute Gasteiger partial charge is 0.475 e. The van der Waals surface area contributed by atoms with Crippen LogP contribution in [0.25, 0.3) is 10.9 Å². The van der Waals surface area contributed by atoms with Gasteiger partial charge >= 0.3 is 0 Å². The van der Waals surface area contributed by atoms with Gasteiger partial charge in [0, 0.05) is 23.0 Å². The molecule has 0 amide bonds. The van der Waals surface area contributed by atoms with E-state index in [9.17, 15) is 5.26 Å². The van der Waals surface area contributed by atoms with Gasteiger partial charge < -0.3 is 15.5 Å². The molecule has 0 saturated heterocycles. The number of aromatic amines is 1. The fourth-order valence-corrected chi connectivity index (χ4v) is 2.26. The van der Waals surface area contributed by atoms with Crippen LogP contribution in [0.15, 0.2) is 30.5 Å². The molecule has 0 radical (unpaired) electrons. The van der Waals surface area contributed by atoms with Crippen LogP contribution >= 0.6 is 0 Å². The van der Waals surface area contributed by atoms with Crippen molar-refractivity contribution in [3.05, 3.63) is 30.5 Å². The van der Waals surface area contributed by atoms with E-state index in [1.165, 1.54) is 0 Å². The molecule has 4 nitrogen and oxygen atoms in total. The molecule has 0 aliphatic carbocycles. The van der Waals surface area contributed by atoms with E-state index in [-0.39, 0.29) is 5.92 Å². The third-order valence-corrected chi connectivity index (χ3v) is 3.41. The number of hydrogen-bond donors (Lipinski definition) is 2. The second-order valence-corrected chi connectivity index (χ2v) is 4.64. The monoisotopic (exact) mass is 257 g/mol. The van der Waals surface area contributed by atoms with E-state index in [1.807, 2.05) is 30.5 Å². The van der Waals surface area contributed by atoms with Gasteiger partial charge in [0.25, 0.3) is 0 Å². The zero-order valence-electron chi connectivity index (χ0n) is 11.1. The zero-order chi connectivity index (χ0) is 13.7. The van der Waals surface area contributed by atoms with Crippen LogP contribution in [-0.4, -0.2) is 17.6 Å². The summed E-state index contributed by atoms with van der Waals surface area (Å²) >= 11 is 0. The van der Waals surface area contributed by atoms with E-state index in [4.69, 9.17) is 10.5 Å². The SMILES string of the molecule is CCC(CCN)C(C#N)Oc1ccc2[nH]ccc2c1. The van der Waals surface area contributed by atoms with Gasteiger partial charge in [-0.1, -0.05) is 6.92 Å². The number of nitrogens with zero attached hydrogens (tertiary/aromatic N) is 1. The second-order valence-electron chi connectivity index (χ2n) is 4.64. The second kappa shape index (κ2) is 6.26. The van der Waals surface area contributed by atoms with Crippen molar-refractivity contribution < 1.29 is 4.74 Å². The highest BCUT2D eigenvalue weighted by Gasteiger charge is 2.20. The molecule has 3 N–H and O–H groups in total. The van der Waals surface area contributed by atoms with Crippen LogP contribution in [-0.2, 0) is 0 Å². The topological polar surface area (TPSA) is 74.8 Å². The van der Waals surface area contributed by atoms with Crippen LogP contribution in [0.1, 0.15) is 19.8 Å². The molecule has 100 valence electrons. The van der Waals surface area contributed by atoms with Crippen LogP contribution in [0.3, 0.4) is 0 Å². The molecular weight excluding hydrogens is 238 g/mol. The fraction of sp³-hybridized carbons (Fsp3) is 0.400. The first kappa shape index (κ1) is 13.4. The Hall–Kier alpha value is -1.99. The van der Waals surface area contributed by atoms with Gasteiger partial charge in [-0.15, -0.1) is 0 Å². The molecule has 0 spiro atoms. The fourth-order valence-electron chi connectivity index (χ4n) is 2.26. The van der Waals surface area contributed by atoms with Gasteiger partial charge in [0.05, 0.1) is 0 Å². The predicted molar refractivity (Wildman–Crippen MR) is 75.8 cm³/mol. The highest BCUT2D eigenvalue weighted by molar-refractivity contribution is 5.80. The summed E-state index contributed by atoms with van der Waals surface area (Å²) in [5.74, 6) is 0.908. The molecule has 1 heterocycles. The number of rotatable bonds is 6. The molecule has 1 aromatic carbocycles. The summed E-state index contributed by atoms with van der Waals surface area (Å²) in [5, 5.41) is 10.4. The van der Waals surface area contributed by atoms with Crippen LogP contribution < -0.4 is 10.5 Å². The van der Waals surface area contributed by atoms with Crippen molar-refractivity contribution in [1.29, 1.82) is 5.26 Å². The van der Waals surface area contributed by atoms with Gasteiger partial charge in [0.15, 0.2) is 6.10 Å². The summed E-state index contributed by atoms with van der Waals surface area (Å²) in [6.45, 7) is 2.64. The van der Waals surface area contributed by atoms with Crippen molar-refractivity contribution in [2.75, 3.05) is 6.54 Å². The normalized spacial score (nSPS) is 13.9. The van der Waals surface area contributed by atoms with Crippen LogP contribution in [0.4, 0.5) is 0 Å². The maximum absolute atomic E-state index is 9.27. The minimum atomic E-state index is -0.440. The molecular formula is C15H19N3O. The van der Waals surface area contributed by atoms with E-state index in [2.05, 4.69) is 18.0 Å². The number of ether oxygens (including phenoxy) is 1. The van der Waals surface area contributed by atoms with E-state index < -0.39 is 6.10 Å². The Morgan fingerprint density at radius 1 is 1.42 bits per heavy atom. The van der Waals surface area contributed by atoms with Crippen LogP contribution in [0, 0.1) is 17.2 Å². The maximum atomic E-state index is 9.27. The van der Waals surface area contributed by atoms with Crippen molar-refractivity contribution in [2.45, 2.75) is 25.9 Å². The molecule has 2 aromatic rings. The summed E-state index contributed by atoms with van der Waals surface area (Å²) in [4.78, 5) is 3.13. The van der Waals surface area contributed by atoms with Crippen molar-refractivity contribution in [2.24, 2.45) is 11.7 Å².